The van der Waals surface area contributed by atoms with Crippen LogP contribution in [0.15, 0.2) is 24.3 Å². The van der Waals surface area contributed by atoms with Gasteiger partial charge in [0.25, 0.3) is 5.91 Å². The number of carbonyl (C=O) groups is 3. The van der Waals surface area contributed by atoms with E-state index in [0.717, 1.165) is 5.56 Å². The average Bonchev–Trinajstić information content (AvgIpc) is 2.69. The third-order valence-corrected chi connectivity index (χ3v) is 3.53. The number of halogens is 1. The second-order valence-corrected chi connectivity index (χ2v) is 5.21. The number of amides is 2. The highest BCUT2D eigenvalue weighted by molar-refractivity contribution is 6.42. The first-order valence-electron chi connectivity index (χ1n) is 6.30. The number of rotatable bonds is 4. The van der Waals surface area contributed by atoms with Crippen molar-refractivity contribution in [3.63, 3.8) is 0 Å². The molecule has 1 aromatic rings. The Morgan fingerprint density at radius 3 is 2.55 bits per heavy atom. The predicted molar refractivity (Wildman–Crippen MR) is 74.3 cm³/mol. The Balaban J connectivity index is 1.82. The fourth-order valence-corrected chi connectivity index (χ4v) is 2.21. The molecule has 1 unspecified atom stereocenters. The molecule has 2 rings (SSSR count). The molecule has 1 aliphatic rings. The van der Waals surface area contributed by atoms with Crippen molar-refractivity contribution in [2.45, 2.75) is 6.42 Å². The van der Waals surface area contributed by atoms with Crippen molar-refractivity contribution >= 4 is 29.2 Å². The van der Waals surface area contributed by atoms with Gasteiger partial charge in [0.1, 0.15) is 5.92 Å². The van der Waals surface area contributed by atoms with Crippen molar-refractivity contribution < 1.29 is 14.4 Å². The summed E-state index contributed by atoms with van der Waals surface area (Å²) in [6.45, 7) is 0.576. The van der Waals surface area contributed by atoms with Crippen LogP contribution in [0.5, 0.6) is 0 Å². The van der Waals surface area contributed by atoms with E-state index in [2.05, 4.69) is 5.32 Å². The topological polar surface area (TPSA) is 66.5 Å². The van der Waals surface area contributed by atoms with Crippen molar-refractivity contribution in [2.24, 2.45) is 5.92 Å². The number of likely N-dealkylation sites (tertiary alicyclic amines) is 1. The number of ketones is 1. The van der Waals surface area contributed by atoms with E-state index in [1.165, 1.54) is 11.9 Å². The monoisotopic (exact) mass is 294 g/mol. The van der Waals surface area contributed by atoms with Crippen LogP contribution in [0.3, 0.4) is 0 Å². The Morgan fingerprint density at radius 2 is 2.00 bits per heavy atom. The number of hydrogen-bond donors (Lipinski definition) is 1. The summed E-state index contributed by atoms with van der Waals surface area (Å²) in [6, 6.07) is 7.33. The Bertz CT molecular complexity index is 542. The minimum Gasteiger partial charge on any atom is -0.355 e. The zero-order chi connectivity index (χ0) is 14.7. The SMILES string of the molecule is CN1CC(C(=O)NCCc2ccc(Cl)cc2)C(=O)C1=O. The quantitative estimate of drug-likeness (QED) is 0.655. The molecule has 2 amide bonds. The smallest absolute Gasteiger partial charge is 0.290 e. The lowest BCUT2D eigenvalue weighted by atomic mass is 10.1. The van der Waals surface area contributed by atoms with Gasteiger partial charge in [-0.25, -0.2) is 0 Å². The van der Waals surface area contributed by atoms with E-state index in [4.69, 9.17) is 11.6 Å². The third-order valence-electron chi connectivity index (χ3n) is 3.27. The molecule has 1 atom stereocenters. The van der Waals surface area contributed by atoms with Crippen molar-refractivity contribution in [1.82, 2.24) is 10.2 Å². The van der Waals surface area contributed by atoms with Crippen LogP contribution in [0.4, 0.5) is 0 Å². The van der Waals surface area contributed by atoms with Crippen LogP contribution in [-0.2, 0) is 20.8 Å². The molecule has 0 saturated carbocycles. The van der Waals surface area contributed by atoms with E-state index in [1.54, 1.807) is 12.1 Å². The summed E-state index contributed by atoms with van der Waals surface area (Å²) in [4.78, 5) is 36.0. The first kappa shape index (κ1) is 14.5. The maximum Gasteiger partial charge on any atom is 0.290 e. The zero-order valence-electron chi connectivity index (χ0n) is 11.1. The summed E-state index contributed by atoms with van der Waals surface area (Å²) in [5.74, 6) is -2.49. The number of hydrogen-bond acceptors (Lipinski definition) is 3. The summed E-state index contributed by atoms with van der Waals surface area (Å²) in [7, 11) is 1.52. The number of likely N-dealkylation sites (N-methyl/N-ethyl adjacent to an activating group) is 1. The van der Waals surface area contributed by atoms with Gasteiger partial charge in [-0.05, 0) is 24.1 Å². The standard InChI is InChI=1S/C14H15ClN2O3/c1-17-8-11(12(18)14(17)20)13(19)16-7-6-9-2-4-10(15)5-3-9/h2-5,11H,6-8H2,1H3,(H,16,19). The highest BCUT2D eigenvalue weighted by Crippen LogP contribution is 2.13. The average molecular weight is 295 g/mol. The molecule has 1 aliphatic heterocycles. The van der Waals surface area contributed by atoms with Gasteiger partial charge in [0, 0.05) is 25.2 Å². The largest absolute Gasteiger partial charge is 0.355 e. The molecule has 0 radical (unpaired) electrons. The number of nitrogens with one attached hydrogen (secondary N) is 1. The maximum absolute atomic E-state index is 11.9. The molecule has 20 heavy (non-hydrogen) atoms. The highest BCUT2D eigenvalue weighted by Gasteiger charge is 2.41. The molecule has 1 aromatic carbocycles. The van der Waals surface area contributed by atoms with Crippen LogP contribution in [0, 0.1) is 5.92 Å². The van der Waals surface area contributed by atoms with Gasteiger partial charge in [-0.15, -0.1) is 0 Å². The van der Waals surface area contributed by atoms with Crippen molar-refractivity contribution in [3.05, 3.63) is 34.9 Å². The fourth-order valence-electron chi connectivity index (χ4n) is 2.08. The van der Waals surface area contributed by atoms with Gasteiger partial charge in [0.2, 0.25) is 11.7 Å². The first-order chi connectivity index (χ1) is 9.49. The van der Waals surface area contributed by atoms with Crippen LogP contribution < -0.4 is 5.32 Å². The zero-order valence-corrected chi connectivity index (χ0v) is 11.8. The van der Waals surface area contributed by atoms with Crippen LogP contribution in [0.1, 0.15) is 5.56 Å². The lowest BCUT2D eigenvalue weighted by Crippen LogP contribution is -2.36. The first-order valence-corrected chi connectivity index (χ1v) is 6.68. The number of carbonyl (C=O) groups excluding carboxylic acids is 3. The van der Waals surface area contributed by atoms with Gasteiger partial charge in [-0.3, -0.25) is 14.4 Å². The number of benzene rings is 1. The molecular weight excluding hydrogens is 280 g/mol. The van der Waals surface area contributed by atoms with Crippen LogP contribution in [0.25, 0.3) is 0 Å². The molecule has 1 heterocycles. The lowest BCUT2D eigenvalue weighted by Gasteiger charge is -2.09. The van der Waals surface area contributed by atoms with Gasteiger partial charge in [-0.1, -0.05) is 23.7 Å². The van der Waals surface area contributed by atoms with Crippen molar-refractivity contribution in [3.8, 4) is 0 Å². The Kier molecular flexibility index (Phi) is 4.39. The minimum absolute atomic E-state index is 0.157. The van der Waals surface area contributed by atoms with Crippen molar-refractivity contribution in [2.75, 3.05) is 20.1 Å². The summed E-state index contributed by atoms with van der Waals surface area (Å²) in [6.07, 6.45) is 0.646. The molecule has 106 valence electrons. The van der Waals surface area contributed by atoms with Gasteiger partial charge in [0.05, 0.1) is 0 Å². The van der Waals surface area contributed by atoms with Gasteiger partial charge < -0.3 is 10.2 Å². The Labute approximate surface area is 121 Å². The molecule has 1 saturated heterocycles. The minimum atomic E-state index is -0.877. The summed E-state index contributed by atoms with van der Waals surface area (Å²) in [5.41, 5.74) is 1.04. The molecule has 0 aliphatic carbocycles. The predicted octanol–water partition coefficient (Wildman–Crippen LogP) is 0.656. The van der Waals surface area contributed by atoms with Crippen LogP contribution in [0.2, 0.25) is 5.02 Å². The Morgan fingerprint density at radius 1 is 1.35 bits per heavy atom. The van der Waals surface area contributed by atoms with E-state index in [1.807, 2.05) is 12.1 Å². The van der Waals surface area contributed by atoms with E-state index in [9.17, 15) is 14.4 Å². The second kappa shape index (κ2) is 6.05. The number of Topliss-reactive ketones (excluding diaryl/α,β-unsaturated/α-hetero) is 1. The molecule has 1 fully saturated rings. The van der Waals surface area contributed by atoms with E-state index in [0.29, 0.717) is 18.0 Å². The molecule has 5 nitrogen and oxygen atoms in total. The van der Waals surface area contributed by atoms with Crippen LogP contribution >= 0.6 is 11.6 Å². The summed E-state index contributed by atoms with van der Waals surface area (Å²) >= 11 is 5.78. The normalized spacial score (nSPS) is 18.5. The molecule has 1 N–H and O–H groups in total. The summed E-state index contributed by atoms with van der Waals surface area (Å²) < 4.78 is 0. The summed E-state index contributed by atoms with van der Waals surface area (Å²) in [5, 5.41) is 3.35. The van der Waals surface area contributed by atoms with Gasteiger partial charge in [0.15, 0.2) is 0 Å². The second-order valence-electron chi connectivity index (χ2n) is 4.77. The molecule has 0 spiro atoms. The lowest BCUT2D eigenvalue weighted by molar-refractivity contribution is -0.142. The third kappa shape index (κ3) is 3.17. The van der Waals surface area contributed by atoms with E-state index < -0.39 is 17.6 Å². The molecule has 0 bridgehead atoms. The van der Waals surface area contributed by atoms with Gasteiger partial charge in [-0.2, -0.15) is 0 Å². The molecular formula is C14H15ClN2O3. The highest BCUT2D eigenvalue weighted by atomic mass is 35.5. The van der Waals surface area contributed by atoms with Crippen molar-refractivity contribution in [1.29, 1.82) is 0 Å². The molecule has 6 heteroatoms. The Hall–Kier alpha value is -1.88. The van der Waals surface area contributed by atoms with Crippen LogP contribution in [-0.4, -0.2) is 42.6 Å². The van der Waals surface area contributed by atoms with Gasteiger partial charge >= 0.3 is 0 Å². The fraction of sp³-hybridized carbons (Fsp3) is 0.357. The number of nitrogens with zero attached hydrogens (tertiary/aromatic N) is 1. The maximum atomic E-state index is 11.9. The molecule has 0 aromatic heterocycles. The van der Waals surface area contributed by atoms with E-state index >= 15 is 0 Å². The van der Waals surface area contributed by atoms with E-state index in [-0.39, 0.29) is 12.5 Å².